The van der Waals surface area contributed by atoms with Crippen LogP contribution in [0.5, 0.6) is 0 Å². The van der Waals surface area contributed by atoms with Gasteiger partial charge in [0, 0.05) is 0 Å². The monoisotopic (exact) mass is 648 g/mol. The van der Waals surface area contributed by atoms with Gasteiger partial charge in [0.1, 0.15) is 0 Å². The summed E-state index contributed by atoms with van der Waals surface area (Å²) in [6.45, 7) is 9.05. The van der Waals surface area contributed by atoms with E-state index in [1.807, 2.05) is 6.92 Å². The molecule has 0 saturated carbocycles. The third kappa shape index (κ3) is 21.5. The number of hydrogen-bond donors (Lipinski definition) is 1. The van der Waals surface area contributed by atoms with E-state index in [1.165, 1.54) is 96.3 Å². The Bertz CT molecular complexity index is 513. The fourth-order valence-electron chi connectivity index (χ4n) is 5.15. The molecule has 5 nitrogen and oxygen atoms in total. The molecule has 1 atom stereocenters. The number of hydrogen-bond acceptors (Lipinski definition) is 5. The van der Waals surface area contributed by atoms with E-state index in [0.29, 0.717) is 6.61 Å². The van der Waals surface area contributed by atoms with Gasteiger partial charge in [0.05, 0.1) is 0 Å². The molecule has 0 saturated heterocycles. The van der Waals surface area contributed by atoms with Crippen molar-refractivity contribution in [2.45, 2.75) is 182 Å². The van der Waals surface area contributed by atoms with E-state index in [0.717, 1.165) is 45.4 Å². The standard InChI is InChI=1S/C8H14O5.3C8H17.Sn/c1-2-3-4-13-8(12)6(9)5-7(10)11;3*1-3-5-7-8-6-4-2;/h6,9H,2-5H2,1H3,(H,10,11);3*1,3-8H2,2H3;/q;;;;+1/p-1. The quantitative estimate of drug-likeness (QED) is 0.0520. The maximum atomic E-state index is 13.1. The van der Waals surface area contributed by atoms with Crippen molar-refractivity contribution < 1.29 is 22.5 Å². The van der Waals surface area contributed by atoms with Gasteiger partial charge in [-0.15, -0.1) is 0 Å². The van der Waals surface area contributed by atoms with Crippen molar-refractivity contribution in [1.82, 2.24) is 0 Å². The van der Waals surface area contributed by atoms with Crippen LogP contribution in [0.4, 0.5) is 0 Å². The van der Waals surface area contributed by atoms with Gasteiger partial charge in [0.2, 0.25) is 0 Å². The number of aliphatic hydroxyl groups excluding tert-OH is 1. The molecule has 0 amide bonds. The van der Waals surface area contributed by atoms with Crippen molar-refractivity contribution in [2.75, 3.05) is 6.61 Å². The number of ether oxygens (including phenoxy) is 1. The van der Waals surface area contributed by atoms with E-state index in [-0.39, 0.29) is 12.4 Å². The molecule has 226 valence electrons. The summed E-state index contributed by atoms with van der Waals surface area (Å²) in [7, 11) is 0. The van der Waals surface area contributed by atoms with Gasteiger partial charge in [-0.2, -0.15) is 0 Å². The van der Waals surface area contributed by atoms with Crippen LogP contribution >= 0.6 is 0 Å². The first-order chi connectivity index (χ1) is 18.4. The predicted octanol–water partition coefficient (Wildman–Crippen LogP) is 9.65. The van der Waals surface area contributed by atoms with Crippen LogP contribution in [0.2, 0.25) is 13.3 Å². The molecule has 0 rings (SSSR count). The van der Waals surface area contributed by atoms with E-state index >= 15 is 0 Å². The SMILES string of the molecule is CCCCCCC[CH2][Sn]([CH2]CCCCCCC)([CH2]CCCCCCC)[O]C(=O)CC(O)C(=O)OCCCC. The summed E-state index contributed by atoms with van der Waals surface area (Å²) in [6.07, 6.45) is 22.4. The van der Waals surface area contributed by atoms with Crippen molar-refractivity contribution in [3.63, 3.8) is 0 Å². The summed E-state index contributed by atoms with van der Waals surface area (Å²) in [5.41, 5.74) is 0. The van der Waals surface area contributed by atoms with Gasteiger partial charge in [-0.1, -0.05) is 0 Å². The number of aliphatic hydroxyl groups is 1. The third-order valence-corrected chi connectivity index (χ3v) is 20.4. The molecule has 0 fully saturated rings. The van der Waals surface area contributed by atoms with Crippen molar-refractivity contribution in [2.24, 2.45) is 0 Å². The van der Waals surface area contributed by atoms with Crippen molar-refractivity contribution in [3.05, 3.63) is 0 Å². The van der Waals surface area contributed by atoms with Gasteiger partial charge < -0.3 is 0 Å². The van der Waals surface area contributed by atoms with E-state index in [1.54, 1.807) is 0 Å². The second-order valence-electron chi connectivity index (χ2n) is 11.5. The zero-order chi connectivity index (χ0) is 28.3. The summed E-state index contributed by atoms with van der Waals surface area (Å²) < 4.78 is 14.9. The second kappa shape index (κ2) is 26.9. The molecule has 0 aromatic heterocycles. The molecular formula is C32H64O5Sn. The average Bonchev–Trinajstić information content (AvgIpc) is 2.90. The van der Waals surface area contributed by atoms with Crippen LogP contribution in [0.15, 0.2) is 0 Å². The molecule has 0 aliphatic rings. The van der Waals surface area contributed by atoms with Gasteiger partial charge in [-0.05, 0) is 0 Å². The fourth-order valence-corrected chi connectivity index (χ4v) is 17.4. The van der Waals surface area contributed by atoms with Gasteiger partial charge in [-0.3, -0.25) is 0 Å². The van der Waals surface area contributed by atoms with Crippen LogP contribution in [0.25, 0.3) is 0 Å². The topological polar surface area (TPSA) is 72.8 Å². The zero-order valence-corrected chi connectivity index (χ0v) is 28.7. The normalized spacial score (nSPS) is 12.4. The van der Waals surface area contributed by atoms with Crippen LogP contribution in [-0.2, 0) is 17.4 Å². The van der Waals surface area contributed by atoms with Gasteiger partial charge in [-0.25, -0.2) is 0 Å². The van der Waals surface area contributed by atoms with E-state index in [2.05, 4.69) is 20.8 Å². The summed E-state index contributed by atoms with van der Waals surface area (Å²) >= 11 is -3.24. The number of rotatable bonds is 28. The molecule has 0 spiro atoms. The van der Waals surface area contributed by atoms with Crippen LogP contribution in [0, 0.1) is 0 Å². The number of unbranched alkanes of at least 4 members (excludes halogenated alkanes) is 16. The Kier molecular flexibility index (Phi) is 26.7. The van der Waals surface area contributed by atoms with Crippen molar-refractivity contribution in [3.8, 4) is 0 Å². The van der Waals surface area contributed by atoms with Crippen LogP contribution in [0.3, 0.4) is 0 Å². The molecule has 1 unspecified atom stereocenters. The first-order valence-corrected chi connectivity index (χ1v) is 23.7. The zero-order valence-electron chi connectivity index (χ0n) is 25.8. The Labute approximate surface area is 241 Å². The summed E-state index contributed by atoms with van der Waals surface area (Å²) in [4.78, 5) is 25.2. The molecule has 0 radical (unpaired) electrons. The van der Waals surface area contributed by atoms with Gasteiger partial charge in [0.15, 0.2) is 0 Å². The molecule has 0 aliphatic carbocycles. The van der Waals surface area contributed by atoms with Crippen molar-refractivity contribution >= 4 is 30.7 Å². The van der Waals surface area contributed by atoms with E-state index < -0.39 is 30.9 Å². The summed E-state index contributed by atoms with van der Waals surface area (Å²) in [5.74, 6) is -1.07. The molecule has 0 bridgehead atoms. The Hall–Kier alpha value is -0.301. The van der Waals surface area contributed by atoms with Crippen LogP contribution in [0.1, 0.15) is 163 Å². The minimum atomic E-state index is -3.24. The molecular weight excluding hydrogens is 583 g/mol. The predicted molar refractivity (Wildman–Crippen MR) is 163 cm³/mol. The number of esters is 1. The Morgan fingerprint density at radius 3 is 1.34 bits per heavy atom. The first-order valence-electron chi connectivity index (χ1n) is 16.5. The van der Waals surface area contributed by atoms with E-state index in [9.17, 15) is 14.7 Å². The summed E-state index contributed by atoms with van der Waals surface area (Å²) in [6, 6.07) is 0. The van der Waals surface area contributed by atoms with Crippen molar-refractivity contribution in [1.29, 1.82) is 0 Å². The Morgan fingerprint density at radius 1 is 0.579 bits per heavy atom. The molecule has 0 aromatic rings. The minimum absolute atomic E-state index is 0.271. The Balaban J connectivity index is 5.23. The maximum absolute atomic E-state index is 13.1. The Morgan fingerprint density at radius 2 is 0.947 bits per heavy atom. The average molecular weight is 648 g/mol. The molecule has 0 heterocycles. The molecule has 1 N–H and O–H groups in total. The van der Waals surface area contributed by atoms with Crippen LogP contribution in [-0.4, -0.2) is 48.5 Å². The first kappa shape index (κ1) is 37.7. The van der Waals surface area contributed by atoms with E-state index in [4.69, 9.17) is 7.81 Å². The van der Waals surface area contributed by atoms with Crippen LogP contribution < -0.4 is 0 Å². The van der Waals surface area contributed by atoms with Gasteiger partial charge >= 0.3 is 242 Å². The second-order valence-corrected chi connectivity index (χ2v) is 23.1. The van der Waals surface area contributed by atoms with Gasteiger partial charge in [0.25, 0.3) is 0 Å². The number of carbonyl (C=O) groups excluding carboxylic acids is 2. The fraction of sp³-hybridized carbons (Fsp3) is 0.938. The summed E-state index contributed by atoms with van der Waals surface area (Å²) in [5, 5.41) is 10.3. The number of carbonyl (C=O) groups is 2. The molecule has 0 aliphatic heterocycles. The molecule has 0 aromatic carbocycles. The molecule has 6 heteroatoms. The molecule has 38 heavy (non-hydrogen) atoms. The third-order valence-electron chi connectivity index (χ3n) is 7.66.